The third kappa shape index (κ3) is 3.97. The number of hydrogen-bond donors (Lipinski definition) is 1. The van der Waals surface area contributed by atoms with Crippen LogP contribution in [0.25, 0.3) is 0 Å². The van der Waals surface area contributed by atoms with Crippen molar-refractivity contribution < 1.29 is 13.2 Å². The van der Waals surface area contributed by atoms with Gasteiger partial charge in [-0.15, -0.1) is 0 Å². The fraction of sp³-hybridized carbons (Fsp3) is 0.533. The largest absolute Gasteiger partial charge is 0.399 e. The van der Waals surface area contributed by atoms with E-state index in [2.05, 4.69) is 6.92 Å². The maximum Gasteiger partial charge on any atom is 0.253 e. The number of nitrogens with zero attached hydrogens (tertiary/aromatic N) is 1. The van der Waals surface area contributed by atoms with Gasteiger partial charge in [-0.3, -0.25) is 4.79 Å². The highest BCUT2D eigenvalue weighted by atomic mass is 32.2. The van der Waals surface area contributed by atoms with E-state index in [1.54, 1.807) is 11.0 Å². The number of hydrogen-bond acceptors (Lipinski definition) is 4. The Bertz CT molecular complexity index is 640. The summed E-state index contributed by atoms with van der Waals surface area (Å²) in [6.45, 7) is 3.62. The van der Waals surface area contributed by atoms with Crippen LogP contribution >= 0.6 is 0 Å². The zero-order chi connectivity index (χ0) is 15.6. The van der Waals surface area contributed by atoms with Crippen molar-refractivity contribution >= 4 is 21.4 Å². The molecule has 0 aliphatic carbocycles. The molecule has 1 aromatic rings. The van der Waals surface area contributed by atoms with Crippen LogP contribution in [-0.4, -0.2) is 38.6 Å². The third-order valence-corrected chi connectivity index (χ3v) is 5.00. The summed E-state index contributed by atoms with van der Waals surface area (Å²) in [7, 11) is -3.38. The molecule has 6 heteroatoms. The molecule has 0 saturated carbocycles. The fourth-order valence-corrected chi connectivity index (χ4v) is 3.30. The van der Waals surface area contributed by atoms with E-state index >= 15 is 0 Å². The Labute approximate surface area is 126 Å². The minimum atomic E-state index is -3.38. The van der Waals surface area contributed by atoms with E-state index in [9.17, 15) is 13.2 Å². The molecule has 1 unspecified atom stereocenters. The highest BCUT2D eigenvalue weighted by Crippen LogP contribution is 2.21. The van der Waals surface area contributed by atoms with Gasteiger partial charge in [0.25, 0.3) is 5.91 Å². The Balaban J connectivity index is 2.28. The molecule has 1 aliphatic heterocycles. The van der Waals surface area contributed by atoms with Gasteiger partial charge in [-0.2, -0.15) is 0 Å². The van der Waals surface area contributed by atoms with Crippen LogP contribution < -0.4 is 5.73 Å². The molecule has 2 rings (SSSR count). The summed E-state index contributed by atoms with van der Waals surface area (Å²) in [5.41, 5.74) is 6.39. The molecule has 1 aromatic carbocycles. The van der Waals surface area contributed by atoms with Gasteiger partial charge in [-0.25, -0.2) is 8.42 Å². The van der Waals surface area contributed by atoms with Gasteiger partial charge in [0, 0.05) is 30.6 Å². The quantitative estimate of drug-likeness (QED) is 0.846. The number of benzene rings is 1. The third-order valence-electron chi connectivity index (χ3n) is 3.91. The predicted octanol–water partition coefficient (Wildman–Crippen LogP) is 1.93. The van der Waals surface area contributed by atoms with E-state index in [-0.39, 0.29) is 10.8 Å². The number of carbonyl (C=O) groups is 1. The zero-order valence-corrected chi connectivity index (χ0v) is 13.3. The van der Waals surface area contributed by atoms with E-state index in [0.29, 0.717) is 30.3 Å². The van der Waals surface area contributed by atoms with Crippen LogP contribution in [0.3, 0.4) is 0 Å². The normalized spacial score (nSPS) is 20.1. The molecule has 5 nitrogen and oxygen atoms in total. The second-order valence-corrected chi connectivity index (χ2v) is 7.91. The number of anilines is 1. The van der Waals surface area contributed by atoms with Crippen LogP contribution in [0.1, 0.15) is 36.5 Å². The van der Waals surface area contributed by atoms with Crippen molar-refractivity contribution in [1.29, 1.82) is 0 Å². The van der Waals surface area contributed by atoms with Gasteiger partial charge in [-0.1, -0.05) is 6.92 Å². The number of amides is 1. The van der Waals surface area contributed by atoms with Gasteiger partial charge in [-0.05, 0) is 43.4 Å². The van der Waals surface area contributed by atoms with Crippen molar-refractivity contribution in [3.05, 3.63) is 23.8 Å². The first-order chi connectivity index (χ1) is 9.77. The standard InChI is InChI=1S/C15H22N2O3S/c1-11-4-3-6-17(7-5-11)15(18)12-8-13(16)10-14(9-12)21(2,19)20/h8-11H,3-7,16H2,1-2H3. The Morgan fingerprint density at radius 1 is 1.24 bits per heavy atom. The molecule has 1 aliphatic rings. The molecule has 1 heterocycles. The topological polar surface area (TPSA) is 80.5 Å². The summed E-state index contributed by atoms with van der Waals surface area (Å²) in [5.74, 6) is 0.483. The van der Waals surface area contributed by atoms with Crippen LogP contribution in [0, 0.1) is 5.92 Å². The van der Waals surface area contributed by atoms with Crippen LogP contribution in [0.2, 0.25) is 0 Å². The Kier molecular flexibility index (Phi) is 4.56. The van der Waals surface area contributed by atoms with Gasteiger partial charge >= 0.3 is 0 Å². The SMILES string of the molecule is CC1CCCN(C(=O)c2cc(N)cc(S(C)(=O)=O)c2)CC1. The van der Waals surface area contributed by atoms with E-state index in [1.165, 1.54) is 12.1 Å². The lowest BCUT2D eigenvalue weighted by molar-refractivity contribution is 0.0760. The highest BCUT2D eigenvalue weighted by Gasteiger charge is 2.21. The number of sulfone groups is 1. The Morgan fingerprint density at radius 3 is 2.62 bits per heavy atom. The summed E-state index contributed by atoms with van der Waals surface area (Å²) in [4.78, 5) is 14.5. The van der Waals surface area contributed by atoms with Crippen LogP contribution in [0.5, 0.6) is 0 Å². The van der Waals surface area contributed by atoms with Crippen molar-refractivity contribution in [3.8, 4) is 0 Å². The van der Waals surface area contributed by atoms with Gasteiger partial charge in [0.05, 0.1) is 4.90 Å². The molecule has 2 N–H and O–H groups in total. The van der Waals surface area contributed by atoms with Crippen molar-refractivity contribution in [3.63, 3.8) is 0 Å². The summed E-state index contributed by atoms with van der Waals surface area (Å²) in [5, 5.41) is 0. The minimum absolute atomic E-state index is 0.0917. The van der Waals surface area contributed by atoms with Crippen molar-refractivity contribution in [2.45, 2.75) is 31.1 Å². The molecule has 0 aromatic heterocycles. The summed E-state index contributed by atoms with van der Waals surface area (Å²) in [6.07, 6.45) is 4.19. The Hall–Kier alpha value is -1.56. The molecule has 0 bridgehead atoms. The van der Waals surface area contributed by atoms with Crippen molar-refractivity contribution in [2.75, 3.05) is 25.1 Å². The molecule has 21 heavy (non-hydrogen) atoms. The molecule has 1 saturated heterocycles. The predicted molar refractivity (Wildman–Crippen MR) is 82.9 cm³/mol. The molecular formula is C15H22N2O3S. The Morgan fingerprint density at radius 2 is 1.95 bits per heavy atom. The van der Waals surface area contributed by atoms with Crippen LogP contribution in [-0.2, 0) is 9.84 Å². The maximum atomic E-state index is 12.6. The lowest BCUT2D eigenvalue weighted by atomic mass is 10.0. The maximum absolute atomic E-state index is 12.6. The van der Waals surface area contributed by atoms with E-state index in [0.717, 1.165) is 25.5 Å². The van der Waals surface area contributed by atoms with Gasteiger partial charge in [0.1, 0.15) is 0 Å². The second kappa shape index (κ2) is 6.05. The molecule has 0 spiro atoms. The zero-order valence-electron chi connectivity index (χ0n) is 12.5. The fourth-order valence-electron chi connectivity index (χ4n) is 2.61. The second-order valence-electron chi connectivity index (χ2n) is 5.89. The first-order valence-corrected chi connectivity index (χ1v) is 9.06. The first-order valence-electron chi connectivity index (χ1n) is 7.17. The van der Waals surface area contributed by atoms with Crippen LogP contribution in [0.4, 0.5) is 5.69 Å². The van der Waals surface area contributed by atoms with Gasteiger partial charge in [0.15, 0.2) is 9.84 Å². The first kappa shape index (κ1) is 15.8. The minimum Gasteiger partial charge on any atom is -0.399 e. The summed E-state index contributed by atoms with van der Waals surface area (Å²) >= 11 is 0. The van der Waals surface area contributed by atoms with Gasteiger partial charge in [0.2, 0.25) is 0 Å². The monoisotopic (exact) mass is 310 g/mol. The molecule has 116 valence electrons. The summed E-state index contributed by atoms with van der Waals surface area (Å²) < 4.78 is 23.3. The van der Waals surface area contributed by atoms with Crippen molar-refractivity contribution in [1.82, 2.24) is 4.90 Å². The average Bonchev–Trinajstić information content (AvgIpc) is 2.61. The van der Waals surface area contributed by atoms with E-state index < -0.39 is 9.84 Å². The highest BCUT2D eigenvalue weighted by molar-refractivity contribution is 7.90. The average molecular weight is 310 g/mol. The smallest absolute Gasteiger partial charge is 0.253 e. The molecule has 1 amide bonds. The number of likely N-dealkylation sites (tertiary alicyclic amines) is 1. The van der Waals surface area contributed by atoms with Crippen molar-refractivity contribution in [2.24, 2.45) is 5.92 Å². The summed E-state index contributed by atoms with van der Waals surface area (Å²) in [6, 6.07) is 4.35. The van der Waals surface area contributed by atoms with E-state index in [4.69, 9.17) is 5.73 Å². The lowest BCUT2D eigenvalue weighted by Crippen LogP contribution is -2.32. The molecular weight excluding hydrogens is 288 g/mol. The molecule has 0 radical (unpaired) electrons. The van der Waals surface area contributed by atoms with E-state index in [1.807, 2.05) is 0 Å². The van der Waals surface area contributed by atoms with Gasteiger partial charge < -0.3 is 10.6 Å². The number of rotatable bonds is 2. The lowest BCUT2D eigenvalue weighted by Gasteiger charge is -2.21. The molecule has 1 atom stereocenters. The van der Waals surface area contributed by atoms with Crippen LogP contribution in [0.15, 0.2) is 23.1 Å². The number of carbonyl (C=O) groups excluding carboxylic acids is 1. The molecule has 1 fully saturated rings. The number of nitrogen functional groups attached to an aromatic ring is 1. The number of nitrogens with two attached hydrogens (primary N) is 1.